The Morgan fingerprint density at radius 1 is 1.50 bits per heavy atom. The lowest BCUT2D eigenvalue weighted by Crippen LogP contribution is -2.12. The largest absolute Gasteiger partial charge is 0.315 e. The van der Waals surface area contributed by atoms with Crippen LogP contribution in [0.3, 0.4) is 0 Å². The predicted octanol–water partition coefficient (Wildman–Crippen LogP) is 0.269. The van der Waals surface area contributed by atoms with E-state index in [-0.39, 0.29) is 4.21 Å². The number of aryl methyl sites for hydroxylation is 1. The highest BCUT2D eigenvalue weighted by Gasteiger charge is 2.20. The molecule has 3 N–H and O–H groups in total. The minimum Gasteiger partial charge on any atom is -0.315 e. The van der Waals surface area contributed by atoms with Crippen LogP contribution in [0.4, 0.5) is 5.69 Å². The number of sulfonamides is 1. The van der Waals surface area contributed by atoms with Crippen molar-refractivity contribution in [2.75, 3.05) is 4.72 Å². The summed E-state index contributed by atoms with van der Waals surface area (Å²) >= 11 is 0.651. The molecular weight excluding hydrogens is 252 g/mol. The molecule has 9 heteroatoms. The van der Waals surface area contributed by atoms with Crippen LogP contribution in [0.1, 0.15) is 5.69 Å². The maximum Gasteiger partial charge on any atom is 0.306 e. The summed E-state index contributed by atoms with van der Waals surface area (Å²) in [5.74, 6) is 0. The number of aromatic nitrogens is 3. The molecule has 0 fully saturated rings. The first-order valence-electron chi connectivity index (χ1n) is 4.20. The molecule has 0 atom stereocenters. The Morgan fingerprint density at radius 3 is 2.75 bits per heavy atom. The molecule has 2 aromatic heterocycles. The van der Waals surface area contributed by atoms with E-state index in [0.717, 1.165) is 0 Å². The van der Waals surface area contributed by atoms with Crippen LogP contribution in [-0.4, -0.2) is 23.6 Å². The van der Waals surface area contributed by atoms with Crippen molar-refractivity contribution >= 4 is 27.0 Å². The first-order chi connectivity index (χ1) is 7.49. The third-order valence-electron chi connectivity index (χ3n) is 1.78. The molecule has 0 bridgehead atoms. The number of thiazole rings is 1. The Labute approximate surface area is 94.6 Å². The summed E-state index contributed by atoms with van der Waals surface area (Å²) in [6, 6.07) is 0. The number of anilines is 1. The SMILES string of the molecule is Cc1[nH]c(=O)sc1S(=O)(=O)Nc1cn[nH]c1. The minimum absolute atomic E-state index is 0.0151. The highest BCUT2D eigenvalue weighted by Crippen LogP contribution is 2.19. The number of hydrogen-bond donors (Lipinski definition) is 3. The van der Waals surface area contributed by atoms with Gasteiger partial charge in [-0.15, -0.1) is 0 Å². The second-order valence-corrected chi connectivity index (χ2v) is 5.88. The zero-order valence-electron chi connectivity index (χ0n) is 8.14. The van der Waals surface area contributed by atoms with Crippen LogP contribution >= 0.6 is 11.3 Å². The van der Waals surface area contributed by atoms with E-state index in [0.29, 0.717) is 22.7 Å². The molecule has 7 nitrogen and oxygen atoms in total. The third-order valence-corrected chi connectivity index (χ3v) is 4.76. The van der Waals surface area contributed by atoms with Gasteiger partial charge in [-0.2, -0.15) is 5.10 Å². The molecule has 86 valence electrons. The van der Waals surface area contributed by atoms with E-state index in [4.69, 9.17) is 0 Å². The van der Waals surface area contributed by atoms with Gasteiger partial charge in [-0.25, -0.2) is 8.42 Å². The second-order valence-electron chi connectivity index (χ2n) is 3.02. The molecule has 2 rings (SSSR count). The van der Waals surface area contributed by atoms with Crippen LogP contribution < -0.4 is 9.60 Å². The smallest absolute Gasteiger partial charge is 0.306 e. The standard InChI is InChI=1S/C7H8N4O3S2/c1-4-6(15-7(12)10-4)16(13,14)11-5-2-8-9-3-5/h2-3,11H,1H3,(H,8,9)(H,10,12). The van der Waals surface area contributed by atoms with Crippen molar-refractivity contribution < 1.29 is 8.42 Å². The van der Waals surface area contributed by atoms with Crippen LogP contribution in [0.15, 0.2) is 21.4 Å². The van der Waals surface area contributed by atoms with Crippen molar-refractivity contribution in [1.82, 2.24) is 15.2 Å². The van der Waals surface area contributed by atoms with E-state index in [1.54, 1.807) is 0 Å². The summed E-state index contributed by atoms with van der Waals surface area (Å²) in [5, 5.41) is 6.09. The van der Waals surface area contributed by atoms with Gasteiger partial charge in [0.25, 0.3) is 10.0 Å². The molecule has 0 aromatic carbocycles. The van der Waals surface area contributed by atoms with E-state index in [9.17, 15) is 13.2 Å². The number of rotatable bonds is 3. The highest BCUT2D eigenvalue weighted by atomic mass is 32.2. The molecule has 0 unspecified atom stereocenters. The van der Waals surface area contributed by atoms with Crippen LogP contribution in [0.5, 0.6) is 0 Å². The maximum atomic E-state index is 11.8. The quantitative estimate of drug-likeness (QED) is 0.736. The van der Waals surface area contributed by atoms with Crippen molar-refractivity contribution in [3.8, 4) is 0 Å². The molecule has 2 heterocycles. The van der Waals surface area contributed by atoms with E-state index in [1.807, 2.05) is 0 Å². The van der Waals surface area contributed by atoms with Gasteiger partial charge in [0.1, 0.15) is 0 Å². The first-order valence-corrected chi connectivity index (χ1v) is 6.50. The minimum atomic E-state index is -3.72. The Balaban J connectivity index is 2.40. The van der Waals surface area contributed by atoms with Gasteiger partial charge in [-0.1, -0.05) is 11.3 Å². The third kappa shape index (κ3) is 1.99. The fourth-order valence-electron chi connectivity index (χ4n) is 1.15. The summed E-state index contributed by atoms with van der Waals surface area (Å²) in [6.07, 6.45) is 2.74. The van der Waals surface area contributed by atoms with Gasteiger partial charge in [-0.3, -0.25) is 14.6 Å². The number of hydrogen-bond acceptors (Lipinski definition) is 5. The van der Waals surface area contributed by atoms with Crippen molar-refractivity contribution in [3.05, 3.63) is 27.8 Å². The summed E-state index contributed by atoms with van der Waals surface area (Å²) in [7, 11) is -3.72. The van der Waals surface area contributed by atoms with Gasteiger partial charge >= 0.3 is 4.87 Å². The average Bonchev–Trinajstić information content (AvgIpc) is 2.75. The Hall–Kier alpha value is -1.61. The predicted molar refractivity (Wildman–Crippen MR) is 59.1 cm³/mol. The van der Waals surface area contributed by atoms with Crippen LogP contribution in [0, 0.1) is 6.92 Å². The molecule has 0 aliphatic carbocycles. The summed E-state index contributed by atoms with van der Waals surface area (Å²) in [5.41, 5.74) is 0.645. The molecule has 0 aliphatic rings. The fourth-order valence-corrected chi connectivity index (χ4v) is 3.49. The molecule has 0 saturated heterocycles. The summed E-state index contributed by atoms with van der Waals surface area (Å²) in [6.45, 7) is 1.53. The van der Waals surface area contributed by atoms with E-state index < -0.39 is 14.9 Å². The van der Waals surface area contributed by atoms with Gasteiger partial charge in [0.2, 0.25) is 0 Å². The fraction of sp³-hybridized carbons (Fsp3) is 0.143. The molecule has 16 heavy (non-hydrogen) atoms. The topological polar surface area (TPSA) is 108 Å². The highest BCUT2D eigenvalue weighted by molar-refractivity contribution is 7.94. The van der Waals surface area contributed by atoms with Gasteiger partial charge in [0, 0.05) is 11.9 Å². The molecule has 0 spiro atoms. The summed E-state index contributed by atoms with van der Waals surface area (Å²) in [4.78, 5) is 13.0. The number of nitrogens with zero attached hydrogens (tertiary/aromatic N) is 1. The van der Waals surface area contributed by atoms with Gasteiger partial charge in [-0.05, 0) is 6.92 Å². The number of nitrogens with one attached hydrogen (secondary N) is 3. The zero-order valence-corrected chi connectivity index (χ0v) is 9.78. The summed E-state index contributed by atoms with van der Waals surface area (Å²) < 4.78 is 25.9. The molecule has 0 radical (unpaired) electrons. The lowest BCUT2D eigenvalue weighted by Gasteiger charge is -2.02. The van der Waals surface area contributed by atoms with Crippen LogP contribution in [0.2, 0.25) is 0 Å². The molecular formula is C7H8N4O3S2. The lowest BCUT2D eigenvalue weighted by atomic mass is 10.6. The number of H-pyrrole nitrogens is 2. The van der Waals surface area contributed by atoms with E-state index in [1.165, 1.54) is 19.3 Å². The van der Waals surface area contributed by atoms with Crippen molar-refractivity contribution in [2.24, 2.45) is 0 Å². The average molecular weight is 260 g/mol. The normalized spacial score (nSPS) is 11.6. The lowest BCUT2D eigenvalue weighted by molar-refractivity contribution is 0.602. The number of aromatic amines is 2. The van der Waals surface area contributed by atoms with E-state index in [2.05, 4.69) is 19.9 Å². The first kappa shape index (κ1) is 10.9. The van der Waals surface area contributed by atoms with Gasteiger partial charge in [0.05, 0.1) is 11.9 Å². The molecule has 0 amide bonds. The van der Waals surface area contributed by atoms with Gasteiger partial charge in [0.15, 0.2) is 4.21 Å². The van der Waals surface area contributed by atoms with Crippen molar-refractivity contribution in [1.29, 1.82) is 0 Å². The molecule has 0 aliphatic heterocycles. The molecule has 2 aromatic rings. The Kier molecular flexibility index (Phi) is 2.56. The maximum absolute atomic E-state index is 11.8. The zero-order chi connectivity index (χ0) is 11.8. The van der Waals surface area contributed by atoms with Crippen molar-refractivity contribution in [3.63, 3.8) is 0 Å². The molecule has 0 saturated carbocycles. The van der Waals surface area contributed by atoms with Crippen LogP contribution in [-0.2, 0) is 10.0 Å². The van der Waals surface area contributed by atoms with Crippen LogP contribution in [0.25, 0.3) is 0 Å². The Bertz CT molecular complexity index is 637. The van der Waals surface area contributed by atoms with Crippen molar-refractivity contribution in [2.45, 2.75) is 11.1 Å². The Morgan fingerprint density at radius 2 is 2.25 bits per heavy atom. The van der Waals surface area contributed by atoms with Gasteiger partial charge < -0.3 is 4.98 Å². The second kappa shape index (κ2) is 3.76. The van der Waals surface area contributed by atoms with E-state index >= 15 is 0 Å². The monoisotopic (exact) mass is 260 g/mol.